The summed E-state index contributed by atoms with van der Waals surface area (Å²) in [6.07, 6.45) is 0.755. The van der Waals surface area contributed by atoms with E-state index in [4.69, 9.17) is 5.11 Å². The van der Waals surface area contributed by atoms with Gasteiger partial charge in [0.1, 0.15) is 0 Å². The number of aryl methyl sites for hydroxylation is 2. The monoisotopic (exact) mass is 193 g/mol. The van der Waals surface area contributed by atoms with E-state index in [2.05, 4.69) is 5.32 Å². The second-order valence-corrected chi connectivity index (χ2v) is 3.30. The maximum atomic E-state index is 10.4. The Morgan fingerprint density at radius 2 is 2.21 bits per heavy atom. The summed E-state index contributed by atoms with van der Waals surface area (Å²) >= 11 is 0. The Labute approximate surface area is 83.8 Å². The highest BCUT2D eigenvalue weighted by Gasteiger charge is 2.03. The van der Waals surface area contributed by atoms with E-state index in [1.807, 2.05) is 32.2 Å². The minimum atomic E-state index is -0.756. The van der Waals surface area contributed by atoms with E-state index >= 15 is 0 Å². The van der Waals surface area contributed by atoms with Crippen LogP contribution < -0.4 is 5.32 Å². The molecule has 0 unspecified atom stereocenters. The average molecular weight is 193 g/mol. The zero-order valence-electron chi connectivity index (χ0n) is 8.50. The number of anilines is 1. The molecule has 3 nitrogen and oxygen atoms in total. The third-order valence-corrected chi connectivity index (χ3v) is 2.14. The molecule has 0 heterocycles. The van der Waals surface area contributed by atoms with Crippen molar-refractivity contribution >= 4 is 11.7 Å². The molecule has 1 rings (SSSR count). The van der Waals surface area contributed by atoms with Crippen LogP contribution in [0.5, 0.6) is 0 Å². The molecule has 0 saturated heterocycles. The Bertz CT molecular complexity index is 334. The van der Waals surface area contributed by atoms with Crippen LogP contribution in [0, 0.1) is 6.92 Å². The van der Waals surface area contributed by atoms with E-state index in [9.17, 15) is 4.79 Å². The Morgan fingerprint density at radius 1 is 1.50 bits per heavy atom. The Kier molecular flexibility index (Phi) is 3.51. The first-order chi connectivity index (χ1) is 6.63. The molecular formula is C11H15NO2. The second kappa shape index (κ2) is 4.65. The molecule has 0 bridgehead atoms. The summed E-state index contributed by atoms with van der Waals surface area (Å²) in [4.78, 5) is 10.4. The number of hydrogen-bond acceptors (Lipinski definition) is 2. The molecule has 1 aromatic carbocycles. The first-order valence-corrected chi connectivity index (χ1v) is 4.62. The van der Waals surface area contributed by atoms with Gasteiger partial charge in [-0.05, 0) is 25.0 Å². The third kappa shape index (κ3) is 2.76. The van der Waals surface area contributed by atoms with Crippen LogP contribution in [0.15, 0.2) is 18.2 Å². The van der Waals surface area contributed by atoms with E-state index < -0.39 is 5.97 Å². The van der Waals surface area contributed by atoms with Crippen LogP contribution in [0.2, 0.25) is 0 Å². The van der Waals surface area contributed by atoms with Gasteiger partial charge in [0, 0.05) is 19.2 Å². The smallest absolute Gasteiger partial charge is 0.303 e. The molecule has 0 radical (unpaired) electrons. The summed E-state index contributed by atoms with van der Waals surface area (Å²) in [6.45, 7) is 2.00. The van der Waals surface area contributed by atoms with Gasteiger partial charge < -0.3 is 10.4 Å². The van der Waals surface area contributed by atoms with Crippen molar-refractivity contribution in [3.63, 3.8) is 0 Å². The van der Waals surface area contributed by atoms with Gasteiger partial charge in [-0.25, -0.2) is 0 Å². The summed E-state index contributed by atoms with van der Waals surface area (Å²) in [5.74, 6) is -0.756. The number of nitrogens with one attached hydrogen (secondary N) is 1. The number of hydrogen-bond donors (Lipinski definition) is 2. The molecule has 0 aliphatic heterocycles. The van der Waals surface area contributed by atoms with Crippen molar-refractivity contribution in [2.75, 3.05) is 12.4 Å². The maximum absolute atomic E-state index is 10.4. The molecule has 0 saturated carbocycles. The molecule has 2 N–H and O–H groups in total. The lowest BCUT2D eigenvalue weighted by molar-refractivity contribution is -0.136. The van der Waals surface area contributed by atoms with Crippen molar-refractivity contribution in [1.82, 2.24) is 0 Å². The van der Waals surface area contributed by atoms with Gasteiger partial charge >= 0.3 is 5.97 Å². The fraction of sp³-hybridized carbons (Fsp3) is 0.364. The van der Waals surface area contributed by atoms with Gasteiger partial charge in [0.25, 0.3) is 0 Å². The van der Waals surface area contributed by atoms with Crippen molar-refractivity contribution in [3.05, 3.63) is 29.3 Å². The van der Waals surface area contributed by atoms with Crippen LogP contribution in [-0.4, -0.2) is 18.1 Å². The highest BCUT2D eigenvalue weighted by molar-refractivity contribution is 5.67. The molecule has 0 fully saturated rings. The molecular weight excluding hydrogens is 178 g/mol. The molecule has 0 aromatic heterocycles. The summed E-state index contributed by atoms with van der Waals surface area (Å²) in [7, 11) is 1.84. The van der Waals surface area contributed by atoms with Crippen molar-refractivity contribution < 1.29 is 9.90 Å². The van der Waals surface area contributed by atoms with Crippen LogP contribution in [0.3, 0.4) is 0 Å². The molecule has 14 heavy (non-hydrogen) atoms. The van der Waals surface area contributed by atoms with Crippen LogP contribution in [0.25, 0.3) is 0 Å². The Morgan fingerprint density at radius 3 is 2.79 bits per heavy atom. The lowest BCUT2D eigenvalue weighted by Crippen LogP contribution is -2.01. The number of benzene rings is 1. The van der Waals surface area contributed by atoms with E-state index in [1.54, 1.807) is 0 Å². The zero-order valence-corrected chi connectivity index (χ0v) is 8.50. The average Bonchev–Trinajstić information content (AvgIpc) is 2.15. The van der Waals surface area contributed by atoms with Gasteiger partial charge in [0.15, 0.2) is 0 Å². The minimum Gasteiger partial charge on any atom is -0.481 e. The van der Waals surface area contributed by atoms with E-state index in [0.717, 1.165) is 16.8 Å². The first kappa shape index (κ1) is 10.6. The van der Waals surface area contributed by atoms with Gasteiger partial charge in [-0.15, -0.1) is 0 Å². The SMILES string of the molecule is CNc1ccc(C)cc1CCC(=O)O. The number of carbonyl (C=O) groups is 1. The first-order valence-electron chi connectivity index (χ1n) is 4.62. The van der Waals surface area contributed by atoms with Crippen LogP contribution in [0.4, 0.5) is 5.69 Å². The van der Waals surface area contributed by atoms with Gasteiger partial charge in [0.05, 0.1) is 0 Å². The van der Waals surface area contributed by atoms with Gasteiger partial charge in [-0.3, -0.25) is 4.79 Å². The molecule has 0 aliphatic carbocycles. The molecule has 0 aliphatic rings. The lowest BCUT2D eigenvalue weighted by Gasteiger charge is -2.08. The normalized spacial score (nSPS) is 9.86. The predicted octanol–water partition coefficient (Wildman–Crippen LogP) is 2.05. The molecule has 0 atom stereocenters. The van der Waals surface area contributed by atoms with Gasteiger partial charge in [-0.1, -0.05) is 17.7 Å². The largest absolute Gasteiger partial charge is 0.481 e. The highest BCUT2D eigenvalue weighted by Crippen LogP contribution is 2.18. The summed E-state index contributed by atoms with van der Waals surface area (Å²) in [6, 6.07) is 6.01. The van der Waals surface area contributed by atoms with Crippen molar-refractivity contribution in [2.24, 2.45) is 0 Å². The Hall–Kier alpha value is -1.51. The minimum absolute atomic E-state index is 0.179. The fourth-order valence-electron chi connectivity index (χ4n) is 1.41. The van der Waals surface area contributed by atoms with Crippen LogP contribution in [0.1, 0.15) is 17.5 Å². The molecule has 1 aromatic rings. The van der Waals surface area contributed by atoms with Gasteiger partial charge in [0.2, 0.25) is 0 Å². The predicted molar refractivity (Wildman–Crippen MR) is 56.7 cm³/mol. The number of carboxylic acids is 1. The topological polar surface area (TPSA) is 49.3 Å². The molecule has 3 heteroatoms. The molecule has 0 spiro atoms. The highest BCUT2D eigenvalue weighted by atomic mass is 16.4. The van der Waals surface area contributed by atoms with Crippen molar-refractivity contribution in [3.8, 4) is 0 Å². The van der Waals surface area contributed by atoms with Crippen molar-refractivity contribution in [2.45, 2.75) is 19.8 Å². The summed E-state index contributed by atoms with van der Waals surface area (Å²) < 4.78 is 0. The second-order valence-electron chi connectivity index (χ2n) is 3.30. The number of rotatable bonds is 4. The molecule has 0 amide bonds. The molecule has 76 valence electrons. The lowest BCUT2D eigenvalue weighted by atomic mass is 10.0. The Balaban J connectivity index is 2.82. The summed E-state index contributed by atoms with van der Waals surface area (Å²) in [5.41, 5.74) is 3.23. The third-order valence-electron chi connectivity index (χ3n) is 2.14. The zero-order chi connectivity index (χ0) is 10.6. The van der Waals surface area contributed by atoms with E-state index in [0.29, 0.717) is 6.42 Å². The summed E-state index contributed by atoms with van der Waals surface area (Å²) in [5, 5.41) is 11.6. The van der Waals surface area contributed by atoms with Crippen molar-refractivity contribution in [1.29, 1.82) is 0 Å². The fourth-order valence-corrected chi connectivity index (χ4v) is 1.41. The van der Waals surface area contributed by atoms with Crippen LogP contribution >= 0.6 is 0 Å². The standard InChI is InChI=1S/C11H15NO2/c1-8-3-5-10(12-2)9(7-8)4-6-11(13)14/h3,5,7,12H,4,6H2,1-2H3,(H,13,14). The van der Waals surface area contributed by atoms with Gasteiger partial charge in [-0.2, -0.15) is 0 Å². The van der Waals surface area contributed by atoms with Crippen LogP contribution in [-0.2, 0) is 11.2 Å². The van der Waals surface area contributed by atoms with E-state index in [1.165, 1.54) is 0 Å². The number of carboxylic acid groups (broad SMARTS) is 1. The number of aliphatic carboxylic acids is 1. The maximum Gasteiger partial charge on any atom is 0.303 e. The van der Waals surface area contributed by atoms with E-state index in [-0.39, 0.29) is 6.42 Å². The quantitative estimate of drug-likeness (QED) is 0.769.